The van der Waals surface area contributed by atoms with E-state index in [-0.39, 0.29) is 11.9 Å². The minimum Gasteiger partial charge on any atom is -0.493 e. The largest absolute Gasteiger partial charge is 0.493 e. The van der Waals surface area contributed by atoms with Gasteiger partial charge in [0.05, 0.1) is 20.3 Å². The summed E-state index contributed by atoms with van der Waals surface area (Å²) >= 11 is 0. The summed E-state index contributed by atoms with van der Waals surface area (Å²) < 4.78 is 11.1. The lowest BCUT2D eigenvalue weighted by Gasteiger charge is -2.38. The van der Waals surface area contributed by atoms with E-state index in [1.54, 1.807) is 14.2 Å². The summed E-state index contributed by atoms with van der Waals surface area (Å²) in [6.45, 7) is 2.84. The SMILES string of the molecule is COc1cc2c(cc1OC)C(c1ccccc1)N(C(=O)CCC1CCNC1)CC2. The number of carbonyl (C=O) groups is 1. The van der Waals surface area contributed by atoms with E-state index >= 15 is 0 Å². The Morgan fingerprint density at radius 3 is 2.59 bits per heavy atom. The molecular formula is C24H30N2O3. The minimum absolute atomic E-state index is 0.0889. The molecule has 1 N–H and O–H groups in total. The summed E-state index contributed by atoms with van der Waals surface area (Å²) in [5.74, 6) is 2.31. The predicted molar refractivity (Wildman–Crippen MR) is 113 cm³/mol. The highest BCUT2D eigenvalue weighted by Crippen LogP contribution is 2.41. The molecule has 1 fully saturated rings. The molecule has 0 aliphatic carbocycles. The van der Waals surface area contributed by atoms with E-state index in [2.05, 4.69) is 28.4 Å². The van der Waals surface area contributed by atoms with Crippen LogP contribution in [0.3, 0.4) is 0 Å². The number of hydrogen-bond acceptors (Lipinski definition) is 4. The summed E-state index contributed by atoms with van der Waals surface area (Å²) in [6, 6.07) is 14.3. The zero-order chi connectivity index (χ0) is 20.2. The quantitative estimate of drug-likeness (QED) is 0.814. The van der Waals surface area contributed by atoms with Gasteiger partial charge in [-0.15, -0.1) is 0 Å². The van der Waals surface area contributed by atoms with Gasteiger partial charge in [0, 0.05) is 13.0 Å². The molecule has 4 rings (SSSR count). The first-order chi connectivity index (χ1) is 14.2. The summed E-state index contributed by atoms with van der Waals surface area (Å²) in [4.78, 5) is 15.3. The second kappa shape index (κ2) is 8.87. The molecule has 1 amide bonds. The van der Waals surface area contributed by atoms with E-state index in [4.69, 9.17) is 9.47 Å². The molecular weight excluding hydrogens is 364 g/mol. The van der Waals surface area contributed by atoms with Crippen molar-refractivity contribution in [3.63, 3.8) is 0 Å². The van der Waals surface area contributed by atoms with Gasteiger partial charge in [-0.05, 0) is 67.1 Å². The van der Waals surface area contributed by atoms with Crippen molar-refractivity contribution in [1.82, 2.24) is 10.2 Å². The third-order valence-electron chi connectivity index (χ3n) is 6.24. The van der Waals surface area contributed by atoms with Gasteiger partial charge in [-0.25, -0.2) is 0 Å². The average molecular weight is 395 g/mol. The Kier molecular flexibility index (Phi) is 6.05. The Morgan fingerprint density at radius 1 is 1.14 bits per heavy atom. The van der Waals surface area contributed by atoms with Crippen molar-refractivity contribution in [2.45, 2.75) is 31.7 Å². The van der Waals surface area contributed by atoms with Gasteiger partial charge in [-0.3, -0.25) is 4.79 Å². The van der Waals surface area contributed by atoms with Gasteiger partial charge < -0.3 is 19.7 Å². The molecule has 2 atom stereocenters. The summed E-state index contributed by atoms with van der Waals surface area (Å²) in [5, 5.41) is 3.40. The molecule has 2 aliphatic rings. The molecule has 5 nitrogen and oxygen atoms in total. The first-order valence-corrected chi connectivity index (χ1v) is 10.5. The summed E-state index contributed by atoms with van der Waals surface area (Å²) in [6.07, 6.45) is 3.58. The molecule has 154 valence electrons. The molecule has 0 spiro atoms. The Balaban J connectivity index is 1.66. The zero-order valence-corrected chi connectivity index (χ0v) is 17.3. The highest BCUT2D eigenvalue weighted by Gasteiger charge is 2.33. The normalized spacial score (nSPS) is 21.0. The smallest absolute Gasteiger partial charge is 0.223 e. The maximum absolute atomic E-state index is 13.3. The number of carbonyl (C=O) groups excluding carboxylic acids is 1. The zero-order valence-electron chi connectivity index (χ0n) is 17.3. The molecule has 2 unspecified atom stereocenters. The van der Waals surface area contributed by atoms with Crippen LogP contribution in [0.4, 0.5) is 0 Å². The van der Waals surface area contributed by atoms with E-state index in [0.717, 1.165) is 49.4 Å². The van der Waals surface area contributed by atoms with E-state index in [9.17, 15) is 4.79 Å². The van der Waals surface area contributed by atoms with Gasteiger partial charge in [0.1, 0.15) is 0 Å². The lowest BCUT2D eigenvalue weighted by molar-refractivity contribution is -0.133. The number of amides is 1. The van der Waals surface area contributed by atoms with Gasteiger partial charge in [-0.2, -0.15) is 0 Å². The first kappa shape index (κ1) is 19.8. The monoisotopic (exact) mass is 394 g/mol. The lowest BCUT2D eigenvalue weighted by atomic mass is 9.87. The van der Waals surface area contributed by atoms with Crippen molar-refractivity contribution in [2.75, 3.05) is 33.9 Å². The van der Waals surface area contributed by atoms with Crippen LogP contribution in [-0.4, -0.2) is 44.7 Å². The van der Waals surface area contributed by atoms with Crippen molar-refractivity contribution < 1.29 is 14.3 Å². The third-order valence-corrected chi connectivity index (χ3v) is 6.24. The van der Waals surface area contributed by atoms with Gasteiger partial charge in [0.2, 0.25) is 5.91 Å². The molecule has 2 aromatic carbocycles. The molecule has 2 aromatic rings. The molecule has 1 saturated heterocycles. The van der Waals surface area contributed by atoms with Crippen LogP contribution in [0.25, 0.3) is 0 Å². The number of hydrogen-bond donors (Lipinski definition) is 1. The van der Waals surface area contributed by atoms with Gasteiger partial charge in [0.25, 0.3) is 0 Å². The average Bonchev–Trinajstić information content (AvgIpc) is 3.30. The predicted octanol–water partition coefficient (Wildman–Crippen LogP) is 3.57. The summed E-state index contributed by atoms with van der Waals surface area (Å²) in [5.41, 5.74) is 3.49. The Morgan fingerprint density at radius 2 is 1.90 bits per heavy atom. The fourth-order valence-electron chi connectivity index (χ4n) is 4.64. The fraction of sp³-hybridized carbons (Fsp3) is 0.458. The van der Waals surface area contributed by atoms with E-state index in [1.807, 2.05) is 24.3 Å². The second-order valence-electron chi connectivity index (χ2n) is 7.95. The van der Waals surface area contributed by atoms with E-state index in [0.29, 0.717) is 18.1 Å². The number of benzene rings is 2. The van der Waals surface area contributed by atoms with Crippen molar-refractivity contribution in [3.8, 4) is 11.5 Å². The van der Waals surface area contributed by atoms with E-state index in [1.165, 1.54) is 12.0 Å². The lowest BCUT2D eigenvalue weighted by Crippen LogP contribution is -2.40. The van der Waals surface area contributed by atoms with Crippen LogP contribution < -0.4 is 14.8 Å². The van der Waals surface area contributed by atoms with Crippen molar-refractivity contribution >= 4 is 5.91 Å². The van der Waals surface area contributed by atoms with Crippen LogP contribution in [0.2, 0.25) is 0 Å². The van der Waals surface area contributed by atoms with Crippen LogP contribution in [0.5, 0.6) is 11.5 Å². The van der Waals surface area contributed by atoms with Gasteiger partial charge in [0.15, 0.2) is 11.5 Å². The topological polar surface area (TPSA) is 50.8 Å². The fourth-order valence-corrected chi connectivity index (χ4v) is 4.64. The number of nitrogens with zero attached hydrogens (tertiary/aromatic N) is 1. The van der Waals surface area contributed by atoms with Crippen LogP contribution in [-0.2, 0) is 11.2 Å². The van der Waals surface area contributed by atoms with Crippen LogP contribution in [0.15, 0.2) is 42.5 Å². The Labute approximate surface area is 173 Å². The molecule has 5 heteroatoms. The number of fused-ring (bicyclic) bond motifs is 1. The minimum atomic E-state index is -0.0889. The van der Waals surface area contributed by atoms with Crippen LogP contribution >= 0.6 is 0 Å². The van der Waals surface area contributed by atoms with Crippen molar-refractivity contribution in [1.29, 1.82) is 0 Å². The summed E-state index contributed by atoms with van der Waals surface area (Å²) in [7, 11) is 3.32. The highest BCUT2D eigenvalue weighted by atomic mass is 16.5. The third kappa shape index (κ3) is 4.10. The van der Waals surface area contributed by atoms with Crippen LogP contribution in [0.1, 0.15) is 42.0 Å². The Hall–Kier alpha value is -2.53. The standard InChI is InChI=1S/C24H30N2O3/c1-28-21-14-19-11-13-26(23(27)9-8-17-10-12-25-16-17)24(18-6-4-3-5-7-18)20(19)15-22(21)29-2/h3-7,14-15,17,24-25H,8-13,16H2,1-2H3. The first-order valence-electron chi connectivity index (χ1n) is 10.5. The van der Waals surface area contributed by atoms with Gasteiger partial charge >= 0.3 is 0 Å². The van der Waals surface area contributed by atoms with Crippen molar-refractivity contribution in [3.05, 3.63) is 59.2 Å². The van der Waals surface area contributed by atoms with Crippen LogP contribution in [0, 0.1) is 5.92 Å². The maximum atomic E-state index is 13.3. The second-order valence-corrected chi connectivity index (χ2v) is 7.95. The molecule has 0 radical (unpaired) electrons. The number of ether oxygens (including phenoxy) is 2. The number of nitrogens with one attached hydrogen (secondary N) is 1. The highest BCUT2D eigenvalue weighted by molar-refractivity contribution is 5.78. The molecule has 2 aliphatic heterocycles. The molecule has 29 heavy (non-hydrogen) atoms. The number of methoxy groups -OCH3 is 2. The Bertz CT molecular complexity index is 847. The molecule has 0 aromatic heterocycles. The van der Waals surface area contributed by atoms with Gasteiger partial charge in [-0.1, -0.05) is 30.3 Å². The number of rotatable bonds is 6. The molecule has 0 saturated carbocycles. The maximum Gasteiger partial charge on any atom is 0.223 e. The van der Waals surface area contributed by atoms with E-state index < -0.39 is 0 Å². The molecule has 0 bridgehead atoms. The van der Waals surface area contributed by atoms with Crippen molar-refractivity contribution in [2.24, 2.45) is 5.92 Å². The molecule has 2 heterocycles.